The van der Waals surface area contributed by atoms with Crippen LogP contribution < -0.4 is 5.32 Å². The van der Waals surface area contributed by atoms with Crippen molar-refractivity contribution in [2.45, 2.75) is 6.92 Å². The highest BCUT2D eigenvalue weighted by molar-refractivity contribution is 8.15. The van der Waals surface area contributed by atoms with E-state index in [1.165, 1.54) is 6.92 Å². The van der Waals surface area contributed by atoms with Gasteiger partial charge in [0.1, 0.15) is 6.61 Å². The molecule has 0 bridgehead atoms. The Morgan fingerprint density at radius 2 is 1.89 bits per heavy atom. The van der Waals surface area contributed by atoms with Gasteiger partial charge in [-0.1, -0.05) is 30.0 Å². The third kappa shape index (κ3) is 5.49. The first kappa shape index (κ1) is 14.2. The first-order valence-electron chi connectivity index (χ1n) is 5.26. The third-order valence-corrected chi connectivity index (χ3v) is 2.66. The number of amides is 1. The summed E-state index contributed by atoms with van der Waals surface area (Å²) in [6.45, 7) is 1.40. The molecule has 5 nitrogen and oxygen atoms in total. The molecule has 1 aromatic rings. The maximum atomic E-state index is 11.5. The number of carbonyl (C=O) groups excluding carboxylic acids is 3. The molecule has 0 heterocycles. The van der Waals surface area contributed by atoms with Crippen LogP contribution in [-0.2, 0) is 19.1 Å². The maximum Gasteiger partial charge on any atom is 0.302 e. The minimum atomic E-state index is -0.686. The maximum absolute atomic E-state index is 11.5. The van der Waals surface area contributed by atoms with Crippen molar-refractivity contribution in [1.29, 1.82) is 0 Å². The molecule has 0 aliphatic heterocycles. The Bertz CT molecular complexity index is 433. The number of hydrogen-bond donors (Lipinski definition) is 1. The molecule has 0 fully saturated rings. The number of hydrogen-bond acceptors (Lipinski definition) is 5. The number of ether oxygens (including phenoxy) is 1. The lowest BCUT2D eigenvalue weighted by atomic mass is 10.3. The Balaban J connectivity index is 2.29. The van der Waals surface area contributed by atoms with Crippen LogP contribution in [0.2, 0.25) is 0 Å². The SMILES string of the molecule is CC(=O)OCCSC(=O)C(=O)Nc1ccccc1. The van der Waals surface area contributed by atoms with Gasteiger partial charge in [-0.3, -0.25) is 14.4 Å². The smallest absolute Gasteiger partial charge is 0.302 e. The fourth-order valence-corrected chi connectivity index (χ4v) is 1.62. The Labute approximate surface area is 109 Å². The summed E-state index contributed by atoms with van der Waals surface area (Å²) in [7, 11) is 0. The predicted octanol–water partition coefficient (Wildman–Crippen LogP) is 1.45. The molecule has 0 unspecified atom stereocenters. The monoisotopic (exact) mass is 267 g/mol. The average Bonchev–Trinajstić information content (AvgIpc) is 2.35. The van der Waals surface area contributed by atoms with Gasteiger partial charge in [-0.05, 0) is 12.1 Å². The largest absolute Gasteiger partial charge is 0.465 e. The minimum Gasteiger partial charge on any atom is -0.465 e. The van der Waals surface area contributed by atoms with Crippen LogP contribution in [0.25, 0.3) is 0 Å². The Morgan fingerprint density at radius 3 is 2.50 bits per heavy atom. The van der Waals surface area contributed by atoms with Crippen molar-refractivity contribution in [3.8, 4) is 0 Å². The second kappa shape index (κ2) is 7.50. The van der Waals surface area contributed by atoms with E-state index in [0.717, 1.165) is 11.8 Å². The van der Waals surface area contributed by atoms with Gasteiger partial charge < -0.3 is 10.1 Å². The van der Waals surface area contributed by atoms with Crippen molar-refractivity contribution in [2.24, 2.45) is 0 Å². The van der Waals surface area contributed by atoms with Gasteiger partial charge in [-0.25, -0.2) is 0 Å². The van der Waals surface area contributed by atoms with Gasteiger partial charge in [0, 0.05) is 18.4 Å². The summed E-state index contributed by atoms with van der Waals surface area (Å²) in [5, 5.41) is 1.87. The van der Waals surface area contributed by atoms with Gasteiger partial charge in [0.25, 0.3) is 5.12 Å². The van der Waals surface area contributed by atoms with E-state index in [9.17, 15) is 14.4 Å². The molecule has 96 valence electrons. The van der Waals surface area contributed by atoms with E-state index in [2.05, 4.69) is 10.1 Å². The lowest BCUT2D eigenvalue weighted by molar-refractivity contribution is -0.140. The highest BCUT2D eigenvalue weighted by Gasteiger charge is 2.14. The van der Waals surface area contributed by atoms with Crippen LogP contribution in [0.1, 0.15) is 6.92 Å². The molecule has 0 aliphatic rings. The van der Waals surface area contributed by atoms with Crippen molar-refractivity contribution in [3.05, 3.63) is 30.3 Å². The quantitative estimate of drug-likeness (QED) is 0.508. The lowest BCUT2D eigenvalue weighted by Gasteiger charge is -2.03. The van der Waals surface area contributed by atoms with Crippen LogP contribution in [0.15, 0.2) is 30.3 Å². The fourth-order valence-electron chi connectivity index (χ4n) is 1.09. The van der Waals surface area contributed by atoms with Crippen LogP contribution in [-0.4, -0.2) is 29.4 Å². The van der Waals surface area contributed by atoms with E-state index in [1.807, 2.05) is 6.07 Å². The van der Waals surface area contributed by atoms with Gasteiger partial charge in [0.2, 0.25) is 0 Å². The first-order chi connectivity index (χ1) is 8.59. The summed E-state index contributed by atoms with van der Waals surface area (Å²) < 4.78 is 4.65. The van der Waals surface area contributed by atoms with Gasteiger partial charge in [-0.15, -0.1) is 0 Å². The zero-order valence-electron chi connectivity index (χ0n) is 9.84. The van der Waals surface area contributed by atoms with E-state index in [1.54, 1.807) is 24.3 Å². The summed E-state index contributed by atoms with van der Waals surface area (Å²) in [6, 6.07) is 8.70. The van der Waals surface area contributed by atoms with Gasteiger partial charge in [0.15, 0.2) is 0 Å². The van der Waals surface area contributed by atoms with Crippen molar-refractivity contribution in [1.82, 2.24) is 0 Å². The average molecular weight is 267 g/mol. The van der Waals surface area contributed by atoms with Crippen LogP contribution in [0.3, 0.4) is 0 Å². The molecule has 0 spiro atoms. The van der Waals surface area contributed by atoms with Crippen LogP contribution in [0.4, 0.5) is 5.69 Å². The van der Waals surface area contributed by atoms with E-state index < -0.39 is 17.0 Å². The van der Waals surface area contributed by atoms with Crippen molar-refractivity contribution in [2.75, 3.05) is 17.7 Å². The van der Waals surface area contributed by atoms with Crippen LogP contribution in [0, 0.1) is 0 Å². The van der Waals surface area contributed by atoms with Crippen LogP contribution >= 0.6 is 11.8 Å². The van der Waals surface area contributed by atoms with Crippen molar-refractivity contribution < 1.29 is 19.1 Å². The number of carbonyl (C=O) groups is 3. The standard InChI is InChI=1S/C12H13NO4S/c1-9(14)17-7-8-18-12(16)11(15)13-10-5-3-2-4-6-10/h2-6H,7-8H2,1H3,(H,13,15). The molecule has 1 rings (SSSR count). The second-order valence-corrected chi connectivity index (χ2v) is 4.36. The van der Waals surface area contributed by atoms with Gasteiger partial charge in [-0.2, -0.15) is 0 Å². The molecule has 0 radical (unpaired) electrons. The summed E-state index contributed by atoms with van der Waals surface area (Å²) in [5.41, 5.74) is 0.566. The number of esters is 1. The van der Waals surface area contributed by atoms with E-state index >= 15 is 0 Å². The number of benzene rings is 1. The van der Waals surface area contributed by atoms with Crippen molar-refractivity contribution in [3.63, 3.8) is 0 Å². The van der Waals surface area contributed by atoms with Gasteiger partial charge in [0.05, 0.1) is 0 Å². The zero-order valence-corrected chi connectivity index (χ0v) is 10.7. The second-order valence-electron chi connectivity index (χ2n) is 3.30. The summed E-state index contributed by atoms with van der Waals surface area (Å²) in [4.78, 5) is 33.3. The first-order valence-corrected chi connectivity index (χ1v) is 6.24. The summed E-state index contributed by atoms with van der Waals surface area (Å²) >= 11 is 0.818. The third-order valence-electron chi connectivity index (χ3n) is 1.84. The molecule has 6 heteroatoms. The summed E-state index contributed by atoms with van der Waals surface area (Å²) in [5.74, 6) is -0.827. The molecule has 0 saturated carbocycles. The molecule has 1 N–H and O–H groups in total. The number of para-hydroxylation sites is 1. The molecule has 0 aromatic heterocycles. The Morgan fingerprint density at radius 1 is 1.22 bits per heavy atom. The van der Waals surface area contributed by atoms with E-state index in [4.69, 9.17) is 0 Å². The normalized spacial score (nSPS) is 9.61. The molecule has 0 saturated heterocycles. The van der Waals surface area contributed by atoms with E-state index in [0.29, 0.717) is 5.69 Å². The number of anilines is 1. The predicted molar refractivity (Wildman–Crippen MR) is 69.2 cm³/mol. The van der Waals surface area contributed by atoms with Crippen molar-refractivity contribution >= 4 is 34.4 Å². The van der Waals surface area contributed by atoms with Gasteiger partial charge >= 0.3 is 11.9 Å². The highest BCUT2D eigenvalue weighted by Crippen LogP contribution is 2.08. The molecule has 1 aromatic carbocycles. The Hall–Kier alpha value is -1.82. The molecule has 1 amide bonds. The number of thioether (sulfide) groups is 1. The number of nitrogens with one attached hydrogen (secondary N) is 1. The molecule has 18 heavy (non-hydrogen) atoms. The fraction of sp³-hybridized carbons (Fsp3) is 0.250. The summed E-state index contributed by atoms with van der Waals surface area (Å²) in [6.07, 6.45) is 0. The zero-order chi connectivity index (χ0) is 13.4. The lowest BCUT2D eigenvalue weighted by Crippen LogP contribution is -2.20. The van der Waals surface area contributed by atoms with E-state index in [-0.39, 0.29) is 12.4 Å². The molecular weight excluding hydrogens is 254 g/mol. The highest BCUT2D eigenvalue weighted by atomic mass is 32.2. The molecule has 0 atom stereocenters. The molecular formula is C12H13NO4S. The van der Waals surface area contributed by atoms with Crippen LogP contribution in [0.5, 0.6) is 0 Å². The topological polar surface area (TPSA) is 72.5 Å². The minimum absolute atomic E-state index is 0.115. The Kier molecular flexibility index (Phi) is 5.93. The molecule has 0 aliphatic carbocycles. The number of rotatable bonds is 4.